The van der Waals surface area contributed by atoms with Gasteiger partial charge in [0.1, 0.15) is 6.04 Å². The van der Waals surface area contributed by atoms with Crippen LogP contribution in [0, 0.1) is 30.1 Å². The smallest absolute Gasteiger partial charge is 0.329 e. The molecule has 1 heterocycles. The zero-order valence-electron chi connectivity index (χ0n) is 19.8. The van der Waals surface area contributed by atoms with Crippen molar-refractivity contribution in [3.05, 3.63) is 28.8 Å². The third-order valence-corrected chi connectivity index (χ3v) is 8.66. The van der Waals surface area contributed by atoms with Crippen LogP contribution in [0.15, 0.2) is 18.2 Å². The second kappa shape index (κ2) is 8.83. The van der Waals surface area contributed by atoms with Gasteiger partial charge < -0.3 is 20.1 Å². The Balaban J connectivity index is 1.26. The van der Waals surface area contributed by atoms with E-state index in [0.29, 0.717) is 28.5 Å². The summed E-state index contributed by atoms with van der Waals surface area (Å²) in [5.74, 6) is 0.693. The minimum atomic E-state index is -1.06. The number of anilines is 1. The summed E-state index contributed by atoms with van der Waals surface area (Å²) in [6, 6.07) is 4.31. The van der Waals surface area contributed by atoms with Gasteiger partial charge in [-0.25, -0.2) is 4.79 Å². The van der Waals surface area contributed by atoms with E-state index < -0.39 is 35.5 Å². The standard InChI is InChI=1S/C26H33ClN2O5/c1-14-3-4-19(27)8-21(14)28-23(31)15(2)34-24(32)22-9-20(30)13-29(22)25(33)26-10-16-5-17(11-26)7-18(6-16)12-26/h3-4,8,15-18,20,22,30H,5-7,9-13H2,1-2H3,(H,28,31)/t15-,16?,17?,18?,20+,22+,26?/m0/s1. The number of esters is 1. The maximum absolute atomic E-state index is 13.8. The quantitative estimate of drug-likeness (QED) is 0.616. The van der Waals surface area contributed by atoms with E-state index in [1.54, 1.807) is 23.1 Å². The fourth-order valence-corrected chi connectivity index (χ4v) is 7.38. The zero-order valence-corrected chi connectivity index (χ0v) is 20.5. The average Bonchev–Trinajstić information content (AvgIpc) is 3.16. The van der Waals surface area contributed by atoms with E-state index in [-0.39, 0.29) is 18.9 Å². The molecule has 4 saturated carbocycles. The summed E-state index contributed by atoms with van der Waals surface area (Å²) in [6.45, 7) is 3.49. The number of rotatable bonds is 5. The van der Waals surface area contributed by atoms with Gasteiger partial charge in [0.05, 0.1) is 11.5 Å². The molecule has 0 unspecified atom stereocenters. The molecule has 5 fully saturated rings. The molecule has 5 aliphatic rings. The fourth-order valence-electron chi connectivity index (χ4n) is 7.21. The molecule has 1 saturated heterocycles. The summed E-state index contributed by atoms with van der Waals surface area (Å²) in [7, 11) is 0. The first-order chi connectivity index (χ1) is 16.1. The number of nitrogens with zero attached hydrogens (tertiary/aromatic N) is 1. The minimum Gasteiger partial charge on any atom is -0.451 e. The van der Waals surface area contributed by atoms with E-state index in [1.165, 1.54) is 26.2 Å². The van der Waals surface area contributed by atoms with Gasteiger partial charge in [-0.2, -0.15) is 0 Å². The van der Waals surface area contributed by atoms with Crippen LogP contribution in [0.25, 0.3) is 0 Å². The Morgan fingerprint density at radius 3 is 2.35 bits per heavy atom. The molecule has 8 heteroatoms. The summed E-state index contributed by atoms with van der Waals surface area (Å²) in [5.41, 5.74) is 0.989. The molecular formula is C26H33ClN2O5. The van der Waals surface area contributed by atoms with Gasteiger partial charge >= 0.3 is 5.97 Å². The van der Waals surface area contributed by atoms with Gasteiger partial charge in [-0.05, 0) is 87.8 Å². The highest BCUT2D eigenvalue weighted by Crippen LogP contribution is 2.60. The number of benzene rings is 1. The van der Waals surface area contributed by atoms with E-state index in [4.69, 9.17) is 16.3 Å². The van der Waals surface area contributed by atoms with Crippen molar-refractivity contribution in [2.75, 3.05) is 11.9 Å². The molecule has 1 aliphatic heterocycles. The Morgan fingerprint density at radius 2 is 1.74 bits per heavy atom. The monoisotopic (exact) mass is 488 g/mol. The summed E-state index contributed by atoms with van der Waals surface area (Å²) in [5, 5.41) is 13.6. The first-order valence-electron chi connectivity index (χ1n) is 12.4. The molecule has 1 aromatic rings. The Morgan fingerprint density at radius 1 is 1.12 bits per heavy atom. The Labute approximate surface area is 205 Å². The number of aryl methyl sites for hydroxylation is 1. The van der Waals surface area contributed by atoms with Gasteiger partial charge in [0, 0.05) is 23.7 Å². The van der Waals surface area contributed by atoms with Crippen molar-refractivity contribution in [3.8, 4) is 0 Å². The SMILES string of the molecule is Cc1ccc(Cl)cc1NC(=O)[C@H](C)OC(=O)[C@H]1C[C@@H](O)CN1C(=O)C12CC3CC(CC(C3)C1)C2. The van der Waals surface area contributed by atoms with E-state index in [9.17, 15) is 19.5 Å². The van der Waals surface area contributed by atoms with Gasteiger partial charge in [0.2, 0.25) is 5.91 Å². The minimum absolute atomic E-state index is 0.00300. The van der Waals surface area contributed by atoms with Crippen molar-refractivity contribution in [2.24, 2.45) is 23.2 Å². The summed E-state index contributed by atoms with van der Waals surface area (Å²) >= 11 is 6.02. The van der Waals surface area contributed by atoms with Crippen LogP contribution < -0.4 is 5.32 Å². The number of nitrogens with one attached hydrogen (secondary N) is 1. The maximum atomic E-state index is 13.8. The lowest BCUT2D eigenvalue weighted by Crippen LogP contribution is -2.56. The number of carbonyl (C=O) groups excluding carboxylic acids is 3. The number of aliphatic hydroxyl groups is 1. The van der Waals surface area contributed by atoms with Crippen LogP contribution in [0.2, 0.25) is 5.02 Å². The van der Waals surface area contributed by atoms with E-state index in [0.717, 1.165) is 24.8 Å². The van der Waals surface area contributed by atoms with Crippen LogP contribution in [0.5, 0.6) is 0 Å². The molecule has 0 aromatic heterocycles. The molecule has 4 bridgehead atoms. The summed E-state index contributed by atoms with van der Waals surface area (Å²) < 4.78 is 5.50. The number of aliphatic hydroxyl groups excluding tert-OH is 1. The molecule has 2 N–H and O–H groups in total. The largest absolute Gasteiger partial charge is 0.451 e. The Kier molecular flexibility index (Phi) is 6.13. The molecule has 7 nitrogen and oxygen atoms in total. The van der Waals surface area contributed by atoms with Crippen molar-refractivity contribution < 1.29 is 24.2 Å². The zero-order chi connectivity index (χ0) is 24.2. The lowest BCUT2D eigenvalue weighted by Gasteiger charge is -2.56. The second-order valence-electron chi connectivity index (χ2n) is 11.1. The van der Waals surface area contributed by atoms with Crippen molar-refractivity contribution in [2.45, 2.75) is 77.0 Å². The summed E-state index contributed by atoms with van der Waals surface area (Å²) in [4.78, 5) is 41.1. The number of hydrogen-bond donors (Lipinski definition) is 2. The van der Waals surface area contributed by atoms with Crippen LogP contribution in [0.4, 0.5) is 5.69 Å². The van der Waals surface area contributed by atoms with Crippen molar-refractivity contribution in [1.29, 1.82) is 0 Å². The van der Waals surface area contributed by atoms with Crippen LogP contribution in [0.3, 0.4) is 0 Å². The Hall–Kier alpha value is -2.12. The predicted octanol–water partition coefficient (Wildman–Crippen LogP) is 3.70. The van der Waals surface area contributed by atoms with Gasteiger partial charge in [0.25, 0.3) is 5.91 Å². The number of likely N-dealkylation sites (tertiary alicyclic amines) is 1. The highest BCUT2D eigenvalue weighted by molar-refractivity contribution is 6.31. The van der Waals surface area contributed by atoms with Crippen LogP contribution >= 0.6 is 11.6 Å². The lowest BCUT2D eigenvalue weighted by molar-refractivity contribution is -0.168. The number of hydrogen-bond acceptors (Lipinski definition) is 5. The first-order valence-corrected chi connectivity index (χ1v) is 12.8. The highest BCUT2D eigenvalue weighted by Gasteiger charge is 2.57. The molecule has 4 aliphatic carbocycles. The van der Waals surface area contributed by atoms with E-state index >= 15 is 0 Å². The molecule has 34 heavy (non-hydrogen) atoms. The fraction of sp³-hybridized carbons (Fsp3) is 0.654. The predicted molar refractivity (Wildman–Crippen MR) is 127 cm³/mol. The third kappa shape index (κ3) is 4.33. The van der Waals surface area contributed by atoms with Gasteiger partial charge in [-0.3, -0.25) is 9.59 Å². The topological polar surface area (TPSA) is 95.9 Å². The molecule has 3 atom stereocenters. The highest BCUT2D eigenvalue weighted by atomic mass is 35.5. The molecule has 0 radical (unpaired) electrons. The van der Waals surface area contributed by atoms with E-state index in [1.807, 2.05) is 6.92 Å². The van der Waals surface area contributed by atoms with E-state index in [2.05, 4.69) is 5.32 Å². The average molecular weight is 489 g/mol. The van der Waals surface area contributed by atoms with Crippen LogP contribution in [0.1, 0.15) is 57.4 Å². The molecule has 0 spiro atoms. The summed E-state index contributed by atoms with van der Waals surface area (Å²) in [6.07, 6.45) is 4.66. The Bertz CT molecular complexity index is 976. The molecule has 6 rings (SSSR count). The molecule has 1 aromatic carbocycles. The van der Waals surface area contributed by atoms with Gasteiger partial charge in [-0.1, -0.05) is 17.7 Å². The molecule has 184 valence electrons. The normalized spacial score (nSPS) is 34.7. The van der Waals surface area contributed by atoms with Gasteiger partial charge in [-0.15, -0.1) is 0 Å². The maximum Gasteiger partial charge on any atom is 0.329 e. The van der Waals surface area contributed by atoms with Crippen LogP contribution in [-0.2, 0) is 19.1 Å². The number of amides is 2. The second-order valence-corrected chi connectivity index (χ2v) is 11.5. The number of halogens is 1. The van der Waals surface area contributed by atoms with Crippen LogP contribution in [-0.4, -0.2) is 52.6 Å². The van der Waals surface area contributed by atoms with Crippen molar-refractivity contribution in [3.63, 3.8) is 0 Å². The number of β-amino-alcohol motifs (C(OH)–C–C–N with tert-alkyl or cyclic N) is 1. The third-order valence-electron chi connectivity index (χ3n) is 8.42. The number of ether oxygens (including phenoxy) is 1. The first kappa shape index (κ1) is 23.6. The van der Waals surface area contributed by atoms with Crippen molar-refractivity contribution >= 4 is 35.1 Å². The lowest BCUT2D eigenvalue weighted by atomic mass is 9.49. The van der Waals surface area contributed by atoms with Crippen molar-refractivity contribution in [1.82, 2.24) is 4.90 Å². The molecular weight excluding hydrogens is 456 g/mol. The van der Waals surface area contributed by atoms with Gasteiger partial charge in [0.15, 0.2) is 6.10 Å². The number of carbonyl (C=O) groups is 3. The molecule has 2 amide bonds.